The van der Waals surface area contributed by atoms with Gasteiger partial charge in [0.15, 0.2) is 0 Å². The number of anilines is 1. The topological polar surface area (TPSA) is 66.5 Å². The van der Waals surface area contributed by atoms with Gasteiger partial charge in [0.2, 0.25) is 5.91 Å². The number of hydrogen-bond acceptors (Lipinski definition) is 3. The minimum atomic E-state index is -1.01. The van der Waals surface area contributed by atoms with Crippen LogP contribution in [0.1, 0.15) is 26.3 Å². The van der Waals surface area contributed by atoms with E-state index in [0.29, 0.717) is 21.8 Å². The third-order valence-electron chi connectivity index (χ3n) is 4.80. The molecule has 1 aliphatic rings. The van der Waals surface area contributed by atoms with E-state index in [1.165, 1.54) is 0 Å². The molecular formula is C23H17ClN2O3. The minimum absolute atomic E-state index is 0.157. The summed E-state index contributed by atoms with van der Waals surface area (Å²) in [6.07, 6.45) is 0.157. The molecule has 1 N–H and O–H groups in total. The first-order valence-corrected chi connectivity index (χ1v) is 9.49. The Labute approximate surface area is 172 Å². The molecule has 0 aliphatic carbocycles. The SMILES string of the molecule is O=C(Nc1ccccc1)C(Cc1cccc(Cl)c1)N1C(=O)c2ccccc2C1=O. The van der Waals surface area contributed by atoms with Gasteiger partial charge < -0.3 is 5.32 Å². The first-order chi connectivity index (χ1) is 14.0. The van der Waals surface area contributed by atoms with Gasteiger partial charge >= 0.3 is 0 Å². The second kappa shape index (κ2) is 7.89. The summed E-state index contributed by atoms with van der Waals surface area (Å²) in [6.45, 7) is 0. The monoisotopic (exact) mass is 404 g/mol. The van der Waals surface area contributed by atoms with E-state index in [-0.39, 0.29) is 6.42 Å². The summed E-state index contributed by atoms with van der Waals surface area (Å²) in [5, 5.41) is 3.32. The summed E-state index contributed by atoms with van der Waals surface area (Å²) in [6, 6.07) is 21.5. The molecule has 0 saturated carbocycles. The zero-order valence-corrected chi connectivity index (χ0v) is 16.1. The number of nitrogens with zero attached hydrogens (tertiary/aromatic N) is 1. The van der Waals surface area contributed by atoms with Crippen molar-refractivity contribution in [1.82, 2.24) is 4.90 Å². The zero-order valence-electron chi connectivity index (χ0n) is 15.3. The Morgan fingerprint density at radius 3 is 2.10 bits per heavy atom. The minimum Gasteiger partial charge on any atom is -0.324 e. The number of para-hydroxylation sites is 1. The molecule has 5 nitrogen and oxygen atoms in total. The van der Waals surface area contributed by atoms with Crippen LogP contribution in [0.25, 0.3) is 0 Å². The van der Waals surface area contributed by atoms with Crippen molar-refractivity contribution < 1.29 is 14.4 Å². The van der Waals surface area contributed by atoms with Crippen molar-refractivity contribution in [2.75, 3.05) is 5.32 Å². The number of fused-ring (bicyclic) bond motifs is 1. The highest BCUT2D eigenvalue weighted by molar-refractivity contribution is 6.30. The Morgan fingerprint density at radius 2 is 1.48 bits per heavy atom. The van der Waals surface area contributed by atoms with Crippen LogP contribution in [0.3, 0.4) is 0 Å². The molecule has 0 bridgehead atoms. The number of nitrogens with one attached hydrogen (secondary N) is 1. The maximum atomic E-state index is 13.1. The van der Waals surface area contributed by atoms with Crippen LogP contribution >= 0.6 is 11.6 Å². The second-order valence-electron chi connectivity index (χ2n) is 6.73. The molecule has 1 unspecified atom stereocenters. The van der Waals surface area contributed by atoms with Crippen LogP contribution in [0.4, 0.5) is 5.69 Å². The Morgan fingerprint density at radius 1 is 0.862 bits per heavy atom. The van der Waals surface area contributed by atoms with Gasteiger partial charge in [-0.2, -0.15) is 0 Å². The first-order valence-electron chi connectivity index (χ1n) is 9.12. The van der Waals surface area contributed by atoms with E-state index in [1.54, 1.807) is 66.7 Å². The Hall–Kier alpha value is -3.44. The predicted molar refractivity (Wildman–Crippen MR) is 111 cm³/mol. The highest BCUT2D eigenvalue weighted by Crippen LogP contribution is 2.27. The van der Waals surface area contributed by atoms with Gasteiger partial charge in [0, 0.05) is 17.1 Å². The summed E-state index contributed by atoms with van der Waals surface area (Å²) >= 11 is 6.08. The lowest BCUT2D eigenvalue weighted by atomic mass is 10.0. The lowest BCUT2D eigenvalue weighted by molar-refractivity contribution is -0.119. The average Bonchev–Trinajstić information content (AvgIpc) is 2.98. The molecule has 1 atom stereocenters. The van der Waals surface area contributed by atoms with Gasteiger partial charge in [-0.3, -0.25) is 19.3 Å². The number of rotatable bonds is 5. The van der Waals surface area contributed by atoms with Crippen LogP contribution in [-0.2, 0) is 11.2 Å². The van der Waals surface area contributed by atoms with Crippen LogP contribution in [0, 0.1) is 0 Å². The quantitative estimate of drug-likeness (QED) is 0.648. The molecule has 144 valence electrons. The maximum Gasteiger partial charge on any atom is 0.262 e. The number of benzene rings is 3. The van der Waals surface area contributed by atoms with Crippen LogP contribution in [0.2, 0.25) is 5.02 Å². The largest absolute Gasteiger partial charge is 0.324 e. The highest BCUT2D eigenvalue weighted by atomic mass is 35.5. The lowest BCUT2D eigenvalue weighted by Crippen LogP contribution is -2.48. The molecule has 3 aromatic rings. The third kappa shape index (κ3) is 3.77. The van der Waals surface area contributed by atoms with Gasteiger partial charge in [0.25, 0.3) is 11.8 Å². The van der Waals surface area contributed by atoms with Crippen molar-refractivity contribution >= 4 is 35.0 Å². The van der Waals surface area contributed by atoms with Crippen LogP contribution in [0.5, 0.6) is 0 Å². The van der Waals surface area contributed by atoms with Crippen molar-refractivity contribution in [3.8, 4) is 0 Å². The van der Waals surface area contributed by atoms with Gasteiger partial charge in [0.05, 0.1) is 11.1 Å². The summed E-state index contributed by atoms with van der Waals surface area (Å²) in [4.78, 5) is 40.1. The van der Waals surface area contributed by atoms with Gasteiger partial charge in [-0.1, -0.05) is 54.1 Å². The summed E-state index contributed by atoms with van der Waals surface area (Å²) in [5.74, 6) is -1.38. The summed E-state index contributed by atoms with van der Waals surface area (Å²) in [7, 11) is 0. The molecule has 3 amide bonds. The van der Waals surface area contributed by atoms with E-state index in [2.05, 4.69) is 5.32 Å². The Bertz CT molecular complexity index is 1060. The molecule has 29 heavy (non-hydrogen) atoms. The molecule has 3 aromatic carbocycles. The number of carbonyl (C=O) groups is 3. The lowest BCUT2D eigenvalue weighted by Gasteiger charge is -2.25. The molecule has 0 spiro atoms. The van der Waals surface area contributed by atoms with E-state index in [1.807, 2.05) is 12.1 Å². The van der Waals surface area contributed by atoms with Crippen molar-refractivity contribution in [1.29, 1.82) is 0 Å². The van der Waals surface area contributed by atoms with Crippen molar-refractivity contribution in [2.24, 2.45) is 0 Å². The summed E-state index contributed by atoms with van der Waals surface area (Å²) < 4.78 is 0. The molecule has 4 rings (SSSR count). The number of carbonyl (C=O) groups excluding carboxylic acids is 3. The smallest absolute Gasteiger partial charge is 0.262 e. The van der Waals surface area contributed by atoms with Crippen LogP contribution < -0.4 is 5.32 Å². The average molecular weight is 405 g/mol. The van der Waals surface area contributed by atoms with Crippen LogP contribution in [0.15, 0.2) is 78.9 Å². The maximum absolute atomic E-state index is 13.1. The van der Waals surface area contributed by atoms with Gasteiger partial charge in [-0.05, 0) is 42.0 Å². The normalized spacial score (nSPS) is 13.9. The molecule has 0 aromatic heterocycles. The fourth-order valence-corrected chi connectivity index (χ4v) is 3.64. The number of amides is 3. The molecule has 1 heterocycles. The van der Waals surface area contributed by atoms with E-state index in [0.717, 1.165) is 10.5 Å². The van der Waals surface area contributed by atoms with Gasteiger partial charge in [-0.15, -0.1) is 0 Å². The summed E-state index contributed by atoms with van der Waals surface area (Å²) in [5.41, 5.74) is 1.95. The molecule has 1 aliphatic heterocycles. The fraction of sp³-hybridized carbons (Fsp3) is 0.0870. The Kier molecular flexibility index (Phi) is 5.14. The van der Waals surface area contributed by atoms with E-state index >= 15 is 0 Å². The second-order valence-corrected chi connectivity index (χ2v) is 7.17. The van der Waals surface area contributed by atoms with E-state index in [4.69, 9.17) is 11.6 Å². The first kappa shape index (κ1) is 18.9. The molecule has 0 saturated heterocycles. The molecular weight excluding hydrogens is 388 g/mol. The third-order valence-corrected chi connectivity index (χ3v) is 5.03. The van der Waals surface area contributed by atoms with Crippen LogP contribution in [-0.4, -0.2) is 28.7 Å². The number of halogens is 1. The fourth-order valence-electron chi connectivity index (χ4n) is 3.43. The van der Waals surface area contributed by atoms with Gasteiger partial charge in [0.1, 0.15) is 6.04 Å². The highest BCUT2D eigenvalue weighted by Gasteiger charge is 2.42. The van der Waals surface area contributed by atoms with E-state index in [9.17, 15) is 14.4 Å². The van der Waals surface area contributed by atoms with Crippen molar-refractivity contribution in [2.45, 2.75) is 12.5 Å². The van der Waals surface area contributed by atoms with Crippen molar-refractivity contribution in [3.05, 3.63) is 101 Å². The van der Waals surface area contributed by atoms with E-state index < -0.39 is 23.8 Å². The molecule has 6 heteroatoms. The Balaban J connectivity index is 1.69. The molecule has 0 fully saturated rings. The number of imide groups is 1. The predicted octanol–water partition coefficient (Wildman–Crippen LogP) is 4.19. The number of hydrogen-bond donors (Lipinski definition) is 1. The molecule has 0 radical (unpaired) electrons. The van der Waals surface area contributed by atoms with Crippen molar-refractivity contribution in [3.63, 3.8) is 0 Å². The zero-order chi connectivity index (χ0) is 20.4. The van der Waals surface area contributed by atoms with Gasteiger partial charge in [-0.25, -0.2) is 0 Å². The standard InChI is InChI=1S/C23H17ClN2O3/c24-16-8-6-7-15(13-16)14-20(21(27)25-17-9-2-1-3-10-17)26-22(28)18-11-4-5-12-19(18)23(26)29/h1-13,20H,14H2,(H,25,27).